The summed E-state index contributed by atoms with van der Waals surface area (Å²) in [4.78, 5) is 24.5. The summed E-state index contributed by atoms with van der Waals surface area (Å²) in [5.74, 6) is -0.251. The van der Waals surface area contributed by atoms with Gasteiger partial charge in [0, 0.05) is 5.39 Å². The first-order chi connectivity index (χ1) is 14.4. The van der Waals surface area contributed by atoms with Crippen LogP contribution >= 0.6 is 0 Å². The minimum absolute atomic E-state index is 0.145. The SMILES string of the molecule is CCC(C)(C)C(=O)OCCNC(=O)Nc1cc2cccc3ccc4cccc1c4c32. The number of amides is 2. The van der Waals surface area contributed by atoms with Crippen LogP contribution in [0.15, 0.2) is 54.6 Å². The lowest BCUT2D eigenvalue weighted by Crippen LogP contribution is -2.34. The molecule has 4 aromatic carbocycles. The molecule has 30 heavy (non-hydrogen) atoms. The molecule has 0 bridgehead atoms. The maximum atomic E-state index is 12.5. The molecule has 0 radical (unpaired) electrons. The van der Waals surface area contributed by atoms with Crippen LogP contribution in [0.4, 0.5) is 10.5 Å². The van der Waals surface area contributed by atoms with Crippen molar-refractivity contribution in [1.82, 2.24) is 5.32 Å². The van der Waals surface area contributed by atoms with Gasteiger partial charge in [0.05, 0.1) is 17.6 Å². The molecule has 5 heteroatoms. The molecule has 0 saturated heterocycles. The highest BCUT2D eigenvalue weighted by molar-refractivity contribution is 6.26. The molecule has 0 aliphatic rings. The fraction of sp³-hybridized carbons (Fsp3) is 0.280. The molecule has 0 aliphatic carbocycles. The van der Waals surface area contributed by atoms with E-state index in [4.69, 9.17) is 4.74 Å². The lowest BCUT2D eigenvalue weighted by atomic mass is 9.91. The number of esters is 1. The first kappa shape index (κ1) is 20.0. The second-order valence-electron chi connectivity index (χ2n) is 8.23. The smallest absolute Gasteiger partial charge is 0.319 e. The Labute approximate surface area is 175 Å². The quantitative estimate of drug-likeness (QED) is 0.247. The lowest BCUT2D eigenvalue weighted by molar-refractivity contribution is -0.153. The van der Waals surface area contributed by atoms with Crippen LogP contribution in [-0.2, 0) is 9.53 Å². The molecule has 154 valence electrons. The van der Waals surface area contributed by atoms with E-state index in [1.807, 2.05) is 45.0 Å². The highest BCUT2D eigenvalue weighted by Gasteiger charge is 2.26. The third-order valence-electron chi connectivity index (χ3n) is 5.81. The summed E-state index contributed by atoms with van der Waals surface area (Å²) in [5.41, 5.74) is 0.246. The Morgan fingerprint density at radius 1 is 0.933 bits per heavy atom. The molecule has 0 saturated carbocycles. The summed E-state index contributed by atoms with van der Waals surface area (Å²) in [7, 11) is 0. The van der Waals surface area contributed by atoms with E-state index in [-0.39, 0.29) is 25.2 Å². The molecule has 2 amide bonds. The number of rotatable bonds is 6. The molecule has 0 atom stereocenters. The van der Waals surface area contributed by atoms with Crippen molar-refractivity contribution >= 4 is 50.0 Å². The van der Waals surface area contributed by atoms with Crippen molar-refractivity contribution in [1.29, 1.82) is 0 Å². The number of hydrogen-bond acceptors (Lipinski definition) is 3. The molecule has 4 rings (SSSR count). The third kappa shape index (κ3) is 3.63. The Hall–Kier alpha value is -3.34. The van der Waals surface area contributed by atoms with Crippen molar-refractivity contribution in [3.8, 4) is 0 Å². The van der Waals surface area contributed by atoms with Gasteiger partial charge in [0.2, 0.25) is 0 Å². The predicted molar refractivity (Wildman–Crippen MR) is 122 cm³/mol. The Morgan fingerprint density at radius 2 is 1.60 bits per heavy atom. The third-order valence-corrected chi connectivity index (χ3v) is 5.81. The van der Waals surface area contributed by atoms with E-state index in [2.05, 4.69) is 41.0 Å². The van der Waals surface area contributed by atoms with E-state index in [1.54, 1.807) is 0 Å². The van der Waals surface area contributed by atoms with Gasteiger partial charge in [-0.3, -0.25) is 4.79 Å². The Morgan fingerprint density at radius 3 is 2.33 bits per heavy atom. The zero-order valence-corrected chi connectivity index (χ0v) is 17.5. The molecular weight excluding hydrogens is 376 g/mol. The van der Waals surface area contributed by atoms with Gasteiger partial charge in [-0.1, -0.05) is 55.5 Å². The number of ether oxygens (including phenoxy) is 1. The molecule has 5 nitrogen and oxygen atoms in total. The van der Waals surface area contributed by atoms with Gasteiger partial charge < -0.3 is 15.4 Å². The van der Waals surface area contributed by atoms with E-state index < -0.39 is 5.41 Å². The fourth-order valence-corrected chi connectivity index (χ4v) is 3.68. The van der Waals surface area contributed by atoms with Gasteiger partial charge in [0.1, 0.15) is 6.61 Å². The normalized spacial score (nSPS) is 11.8. The zero-order valence-electron chi connectivity index (χ0n) is 17.5. The van der Waals surface area contributed by atoms with E-state index in [0.717, 1.165) is 27.2 Å². The van der Waals surface area contributed by atoms with Crippen molar-refractivity contribution in [2.45, 2.75) is 27.2 Å². The van der Waals surface area contributed by atoms with Gasteiger partial charge in [0.25, 0.3) is 0 Å². The van der Waals surface area contributed by atoms with Crippen LogP contribution in [0, 0.1) is 5.41 Å². The predicted octanol–water partition coefficient (Wildman–Crippen LogP) is 5.68. The average molecular weight is 402 g/mol. The van der Waals surface area contributed by atoms with Gasteiger partial charge in [0.15, 0.2) is 0 Å². The summed E-state index contributed by atoms with van der Waals surface area (Å²) in [6, 6.07) is 18.2. The Kier molecular flexibility index (Phi) is 5.20. The van der Waals surface area contributed by atoms with Crippen molar-refractivity contribution in [3.05, 3.63) is 54.6 Å². The van der Waals surface area contributed by atoms with E-state index in [0.29, 0.717) is 6.42 Å². The number of carbonyl (C=O) groups is 2. The largest absolute Gasteiger partial charge is 0.463 e. The van der Waals surface area contributed by atoms with Crippen LogP contribution in [0.1, 0.15) is 27.2 Å². The molecule has 0 fully saturated rings. The molecule has 0 heterocycles. The average Bonchev–Trinajstić information content (AvgIpc) is 2.75. The van der Waals surface area contributed by atoms with Crippen LogP contribution in [0.2, 0.25) is 0 Å². The minimum Gasteiger partial charge on any atom is -0.463 e. The summed E-state index contributed by atoms with van der Waals surface area (Å²) < 4.78 is 5.27. The van der Waals surface area contributed by atoms with Gasteiger partial charge >= 0.3 is 12.0 Å². The maximum Gasteiger partial charge on any atom is 0.319 e. The minimum atomic E-state index is -0.512. The van der Waals surface area contributed by atoms with Crippen LogP contribution in [0.3, 0.4) is 0 Å². The summed E-state index contributed by atoms with van der Waals surface area (Å²) in [6.45, 7) is 6.05. The fourth-order valence-electron chi connectivity index (χ4n) is 3.68. The van der Waals surface area contributed by atoms with Gasteiger partial charge in [-0.2, -0.15) is 0 Å². The van der Waals surface area contributed by atoms with Gasteiger partial charge in [-0.15, -0.1) is 0 Å². The van der Waals surface area contributed by atoms with Crippen molar-refractivity contribution in [3.63, 3.8) is 0 Å². The summed E-state index contributed by atoms with van der Waals surface area (Å²) in [5, 5.41) is 12.5. The number of benzene rings is 4. The number of anilines is 1. The van der Waals surface area contributed by atoms with Crippen LogP contribution in [0.25, 0.3) is 32.3 Å². The van der Waals surface area contributed by atoms with Gasteiger partial charge in [-0.05, 0) is 53.3 Å². The number of nitrogens with one attached hydrogen (secondary N) is 2. The number of hydrogen-bond donors (Lipinski definition) is 2. The lowest BCUT2D eigenvalue weighted by Gasteiger charge is -2.20. The van der Waals surface area contributed by atoms with Crippen molar-refractivity contribution < 1.29 is 14.3 Å². The maximum absolute atomic E-state index is 12.5. The van der Waals surface area contributed by atoms with Crippen molar-refractivity contribution in [2.24, 2.45) is 5.41 Å². The number of urea groups is 1. The van der Waals surface area contributed by atoms with E-state index in [9.17, 15) is 9.59 Å². The molecule has 0 aromatic heterocycles. The summed E-state index contributed by atoms with van der Waals surface area (Å²) >= 11 is 0. The second kappa shape index (κ2) is 7.82. The van der Waals surface area contributed by atoms with Crippen LogP contribution < -0.4 is 10.6 Å². The topological polar surface area (TPSA) is 67.4 Å². The van der Waals surface area contributed by atoms with Gasteiger partial charge in [-0.25, -0.2) is 4.79 Å². The molecule has 0 spiro atoms. The van der Waals surface area contributed by atoms with Crippen LogP contribution in [0.5, 0.6) is 0 Å². The first-order valence-corrected chi connectivity index (χ1v) is 10.3. The van der Waals surface area contributed by atoms with E-state index in [1.165, 1.54) is 10.8 Å². The molecular formula is C25H26N2O3. The van der Waals surface area contributed by atoms with Crippen molar-refractivity contribution in [2.75, 3.05) is 18.5 Å². The zero-order chi connectivity index (χ0) is 21.3. The molecule has 0 aliphatic heterocycles. The monoisotopic (exact) mass is 402 g/mol. The molecule has 2 N–H and O–H groups in total. The number of carbonyl (C=O) groups excluding carboxylic acids is 2. The highest BCUT2D eigenvalue weighted by Crippen LogP contribution is 2.38. The van der Waals surface area contributed by atoms with Crippen LogP contribution in [-0.4, -0.2) is 25.2 Å². The Balaban J connectivity index is 1.50. The highest BCUT2D eigenvalue weighted by atomic mass is 16.5. The molecule has 0 unspecified atom stereocenters. The standard InChI is InChI=1S/C25H26N2O3/c1-4-25(2,3)23(28)30-14-13-26-24(29)27-20-15-18-9-5-7-16-11-12-17-8-6-10-19(20)22(17)21(16)18/h5-12,15H,4,13-14H2,1-3H3,(H2,26,27,29). The second-order valence-corrected chi connectivity index (χ2v) is 8.23. The molecule has 4 aromatic rings. The Bertz CT molecular complexity index is 1230. The summed E-state index contributed by atoms with van der Waals surface area (Å²) in [6.07, 6.45) is 0.702. The first-order valence-electron chi connectivity index (χ1n) is 10.3. The van der Waals surface area contributed by atoms with E-state index >= 15 is 0 Å².